The van der Waals surface area contributed by atoms with E-state index in [4.69, 9.17) is 4.74 Å². The van der Waals surface area contributed by atoms with Crippen molar-refractivity contribution in [2.24, 2.45) is 0 Å². The van der Waals surface area contributed by atoms with Gasteiger partial charge < -0.3 is 20.1 Å². The van der Waals surface area contributed by atoms with Crippen molar-refractivity contribution in [1.29, 1.82) is 0 Å². The molecule has 0 amide bonds. The zero-order chi connectivity index (χ0) is 13.8. The Hall–Kier alpha value is -0.850. The Labute approximate surface area is 120 Å². The molecule has 0 spiro atoms. The van der Waals surface area contributed by atoms with E-state index in [0.29, 0.717) is 16.5 Å². The molecular weight excluding hydrogens is 315 g/mol. The molecule has 0 aromatic heterocycles. The van der Waals surface area contributed by atoms with Gasteiger partial charge >= 0.3 is 0 Å². The highest BCUT2D eigenvalue weighted by Gasteiger charge is 2.18. The molecule has 19 heavy (non-hydrogen) atoms. The van der Waals surface area contributed by atoms with Gasteiger partial charge in [0.25, 0.3) is 0 Å². The van der Waals surface area contributed by atoms with Gasteiger partial charge in [0.1, 0.15) is 0 Å². The summed E-state index contributed by atoms with van der Waals surface area (Å²) in [5.74, 6) is -0.967. The molecule has 6 heteroatoms. The number of piperazine rings is 1. The van der Waals surface area contributed by atoms with E-state index in [9.17, 15) is 9.50 Å². The first-order valence-electron chi connectivity index (χ1n) is 6.30. The summed E-state index contributed by atoms with van der Waals surface area (Å²) >= 11 is 3.26. The first-order valence-corrected chi connectivity index (χ1v) is 7.09. The molecule has 1 saturated heterocycles. The van der Waals surface area contributed by atoms with Gasteiger partial charge in [-0.3, -0.25) is 0 Å². The fourth-order valence-corrected chi connectivity index (χ4v) is 2.84. The maximum absolute atomic E-state index is 13.9. The highest BCUT2D eigenvalue weighted by atomic mass is 79.9. The van der Waals surface area contributed by atoms with E-state index in [2.05, 4.69) is 26.1 Å². The van der Waals surface area contributed by atoms with Crippen molar-refractivity contribution < 1.29 is 14.2 Å². The van der Waals surface area contributed by atoms with Crippen LogP contribution in [0.25, 0.3) is 0 Å². The quantitative estimate of drug-likeness (QED) is 0.881. The van der Waals surface area contributed by atoms with Crippen LogP contribution in [0.15, 0.2) is 10.5 Å². The van der Waals surface area contributed by atoms with E-state index >= 15 is 0 Å². The molecular formula is C13H18BrFN2O2. The van der Waals surface area contributed by atoms with Gasteiger partial charge in [0.2, 0.25) is 5.82 Å². The van der Waals surface area contributed by atoms with Crippen LogP contribution in [0.3, 0.4) is 0 Å². The number of hydrogen-bond donors (Lipinski definition) is 2. The van der Waals surface area contributed by atoms with Crippen molar-refractivity contribution in [2.45, 2.75) is 6.42 Å². The zero-order valence-electron chi connectivity index (χ0n) is 10.9. The van der Waals surface area contributed by atoms with E-state index in [1.54, 1.807) is 6.07 Å². The molecule has 0 atom stereocenters. The van der Waals surface area contributed by atoms with Crippen LogP contribution >= 0.6 is 15.9 Å². The fourth-order valence-electron chi connectivity index (χ4n) is 2.23. The molecule has 0 aliphatic carbocycles. The van der Waals surface area contributed by atoms with Crippen LogP contribution in [-0.4, -0.2) is 49.8 Å². The number of methoxy groups -OCH3 is 1. The number of phenolic OH excluding ortho intramolecular Hbond substituents is 1. The lowest BCUT2D eigenvalue weighted by atomic mass is 10.1. The standard InChI is InChI=1S/C13H18BrFN2O2/c1-19-13-10(14)8-9(12(18)11(13)15)2-5-17-6-3-16-4-7-17/h8,16,18H,2-7H2,1H3. The largest absolute Gasteiger partial charge is 0.505 e. The number of halogens is 2. The average molecular weight is 333 g/mol. The van der Waals surface area contributed by atoms with E-state index in [1.165, 1.54) is 7.11 Å². The van der Waals surface area contributed by atoms with Crippen LogP contribution in [0.4, 0.5) is 4.39 Å². The van der Waals surface area contributed by atoms with Crippen LogP contribution in [-0.2, 0) is 6.42 Å². The van der Waals surface area contributed by atoms with Crippen LogP contribution in [0.2, 0.25) is 0 Å². The highest BCUT2D eigenvalue weighted by Crippen LogP contribution is 2.36. The molecule has 1 aromatic carbocycles. The van der Waals surface area contributed by atoms with Crippen molar-refractivity contribution in [3.8, 4) is 11.5 Å². The number of nitrogens with zero attached hydrogens (tertiary/aromatic N) is 1. The average Bonchev–Trinajstić information content (AvgIpc) is 2.43. The first kappa shape index (κ1) is 14.6. The molecule has 2 rings (SSSR count). The Morgan fingerprint density at radius 2 is 2.16 bits per heavy atom. The van der Waals surface area contributed by atoms with Crippen LogP contribution in [0.1, 0.15) is 5.56 Å². The number of hydrogen-bond acceptors (Lipinski definition) is 4. The SMILES string of the molecule is COc1c(Br)cc(CCN2CCNCC2)c(O)c1F. The topological polar surface area (TPSA) is 44.7 Å². The second-order valence-electron chi connectivity index (χ2n) is 4.55. The molecule has 0 radical (unpaired) electrons. The number of nitrogens with one attached hydrogen (secondary N) is 1. The lowest BCUT2D eigenvalue weighted by molar-refractivity contribution is 0.243. The maximum Gasteiger partial charge on any atom is 0.208 e. The summed E-state index contributed by atoms with van der Waals surface area (Å²) in [5, 5.41) is 13.1. The third-order valence-electron chi connectivity index (χ3n) is 3.34. The van der Waals surface area contributed by atoms with Gasteiger partial charge in [0.05, 0.1) is 11.6 Å². The van der Waals surface area contributed by atoms with Crippen LogP contribution < -0.4 is 10.1 Å². The predicted octanol–water partition coefficient (Wildman–Crippen LogP) is 1.75. The third kappa shape index (κ3) is 3.38. The summed E-state index contributed by atoms with van der Waals surface area (Å²) < 4.78 is 19.3. The molecule has 0 bridgehead atoms. The van der Waals surface area contributed by atoms with Gasteiger partial charge in [0.15, 0.2) is 11.5 Å². The smallest absolute Gasteiger partial charge is 0.208 e. The zero-order valence-corrected chi connectivity index (χ0v) is 12.5. The van der Waals surface area contributed by atoms with Gasteiger partial charge in [-0.25, -0.2) is 0 Å². The van der Waals surface area contributed by atoms with Crippen LogP contribution in [0, 0.1) is 5.82 Å². The molecule has 0 saturated carbocycles. The molecule has 1 aromatic rings. The van der Waals surface area contributed by atoms with Crippen molar-refractivity contribution >= 4 is 15.9 Å². The number of benzene rings is 1. The lowest BCUT2D eigenvalue weighted by Crippen LogP contribution is -2.44. The molecule has 1 fully saturated rings. The van der Waals surface area contributed by atoms with Crippen molar-refractivity contribution in [2.75, 3.05) is 39.8 Å². The van der Waals surface area contributed by atoms with Crippen LogP contribution in [0.5, 0.6) is 11.5 Å². The normalized spacial score (nSPS) is 16.6. The van der Waals surface area contributed by atoms with Gasteiger partial charge in [-0.1, -0.05) is 0 Å². The third-order valence-corrected chi connectivity index (χ3v) is 3.93. The second-order valence-corrected chi connectivity index (χ2v) is 5.41. The lowest BCUT2D eigenvalue weighted by Gasteiger charge is -2.27. The van der Waals surface area contributed by atoms with E-state index in [-0.39, 0.29) is 11.5 Å². The number of ether oxygens (including phenoxy) is 1. The fraction of sp³-hybridized carbons (Fsp3) is 0.538. The molecule has 4 nitrogen and oxygen atoms in total. The number of rotatable bonds is 4. The molecule has 0 unspecified atom stereocenters. The molecule has 1 aliphatic rings. The Balaban J connectivity index is 2.07. The summed E-state index contributed by atoms with van der Waals surface area (Å²) in [7, 11) is 1.38. The van der Waals surface area contributed by atoms with Crippen molar-refractivity contribution in [1.82, 2.24) is 10.2 Å². The summed E-state index contributed by atoms with van der Waals surface area (Å²) in [4.78, 5) is 2.30. The van der Waals surface area contributed by atoms with Crippen molar-refractivity contribution in [3.05, 3.63) is 21.9 Å². The maximum atomic E-state index is 13.9. The number of phenols is 1. The first-order chi connectivity index (χ1) is 9.13. The highest BCUT2D eigenvalue weighted by molar-refractivity contribution is 9.10. The predicted molar refractivity (Wildman–Crippen MR) is 75.3 cm³/mol. The summed E-state index contributed by atoms with van der Waals surface area (Å²) in [6, 6.07) is 1.72. The van der Waals surface area contributed by atoms with E-state index < -0.39 is 5.82 Å². The summed E-state index contributed by atoms with van der Waals surface area (Å²) in [6.07, 6.45) is 0.616. The minimum absolute atomic E-state index is 0.0448. The Kier molecular flexibility index (Phi) is 5.01. The minimum atomic E-state index is -0.702. The second kappa shape index (κ2) is 6.54. The monoisotopic (exact) mass is 332 g/mol. The Morgan fingerprint density at radius 3 is 2.79 bits per heavy atom. The summed E-state index contributed by atoms with van der Waals surface area (Å²) in [6.45, 7) is 4.74. The van der Waals surface area contributed by atoms with E-state index in [0.717, 1.165) is 32.7 Å². The van der Waals surface area contributed by atoms with Gasteiger partial charge in [-0.05, 0) is 34.0 Å². The molecule has 106 valence electrons. The van der Waals surface area contributed by atoms with E-state index in [1.807, 2.05) is 0 Å². The Morgan fingerprint density at radius 1 is 1.47 bits per heavy atom. The molecule has 1 heterocycles. The van der Waals surface area contributed by atoms with Gasteiger partial charge in [-0.2, -0.15) is 4.39 Å². The van der Waals surface area contributed by atoms with Gasteiger partial charge in [-0.15, -0.1) is 0 Å². The minimum Gasteiger partial charge on any atom is -0.505 e. The van der Waals surface area contributed by atoms with Crippen molar-refractivity contribution in [3.63, 3.8) is 0 Å². The molecule has 1 aliphatic heterocycles. The Bertz CT molecular complexity index is 451. The number of aromatic hydroxyl groups is 1. The van der Waals surface area contributed by atoms with Gasteiger partial charge in [0, 0.05) is 32.7 Å². The summed E-state index contributed by atoms with van der Waals surface area (Å²) in [5.41, 5.74) is 0.601. The molecule has 2 N–H and O–H groups in total.